The molecule has 9 heteroatoms. The predicted octanol–water partition coefficient (Wildman–Crippen LogP) is 3.06. The zero-order valence-electron chi connectivity index (χ0n) is 11.0. The number of aromatic nitrogens is 1. The maximum absolute atomic E-state index is 12.6. The molecule has 0 aromatic carbocycles. The number of alkyl halides is 3. The fourth-order valence-corrected chi connectivity index (χ4v) is 1.99. The minimum atomic E-state index is -4.69. The van der Waals surface area contributed by atoms with Crippen molar-refractivity contribution in [3.05, 3.63) is 15.6 Å². The van der Waals surface area contributed by atoms with E-state index in [2.05, 4.69) is 10.3 Å². The molecule has 1 N–H and O–H groups in total. The Balaban J connectivity index is 2.74. The molecule has 0 saturated carbocycles. The highest BCUT2D eigenvalue weighted by Crippen LogP contribution is 2.33. The molecule has 1 amide bonds. The minimum Gasteiger partial charge on any atom is -0.444 e. The van der Waals surface area contributed by atoms with Crippen LogP contribution < -0.4 is 5.32 Å². The van der Waals surface area contributed by atoms with E-state index in [1.807, 2.05) is 0 Å². The summed E-state index contributed by atoms with van der Waals surface area (Å²) in [6.07, 6.45) is -5.45. The molecule has 1 heterocycles. The molecule has 0 radical (unpaired) electrons. The van der Waals surface area contributed by atoms with E-state index >= 15 is 0 Å². The lowest BCUT2D eigenvalue weighted by Gasteiger charge is -2.19. The zero-order chi connectivity index (χ0) is 15.6. The zero-order valence-corrected chi connectivity index (χ0v) is 11.8. The van der Waals surface area contributed by atoms with Crippen LogP contribution in [-0.2, 0) is 17.5 Å². The lowest BCUT2D eigenvalue weighted by Crippen LogP contribution is -2.32. The number of thiazole rings is 1. The Hall–Kier alpha value is -1.82. The molecule has 0 saturated heterocycles. The van der Waals surface area contributed by atoms with Gasteiger partial charge in [-0.15, -0.1) is 11.3 Å². The van der Waals surface area contributed by atoms with E-state index in [0.29, 0.717) is 11.3 Å². The van der Waals surface area contributed by atoms with Crippen LogP contribution in [0, 0.1) is 11.3 Å². The number of ether oxygens (including phenoxy) is 1. The maximum Gasteiger partial charge on any atom is 0.435 e. The Morgan fingerprint density at radius 3 is 2.45 bits per heavy atom. The number of carbonyl (C=O) groups excluding carboxylic acids is 1. The molecule has 0 bridgehead atoms. The molecule has 0 aliphatic rings. The highest BCUT2D eigenvalue weighted by Gasteiger charge is 2.37. The van der Waals surface area contributed by atoms with Crippen LogP contribution in [0.3, 0.4) is 0 Å². The van der Waals surface area contributed by atoms with Gasteiger partial charge in [-0.3, -0.25) is 0 Å². The third-order valence-corrected chi connectivity index (χ3v) is 2.78. The third-order valence-electron chi connectivity index (χ3n) is 1.82. The summed E-state index contributed by atoms with van der Waals surface area (Å²) >= 11 is 0.584. The summed E-state index contributed by atoms with van der Waals surface area (Å²) in [5, 5.41) is 10.9. The third kappa shape index (κ3) is 4.70. The van der Waals surface area contributed by atoms with Crippen molar-refractivity contribution in [2.75, 3.05) is 0 Å². The van der Waals surface area contributed by atoms with Crippen molar-refractivity contribution in [2.45, 2.75) is 39.1 Å². The summed E-state index contributed by atoms with van der Waals surface area (Å²) in [5.41, 5.74) is -1.94. The molecule has 0 spiro atoms. The number of amides is 1. The van der Waals surface area contributed by atoms with Gasteiger partial charge >= 0.3 is 12.3 Å². The van der Waals surface area contributed by atoms with Crippen LogP contribution >= 0.6 is 11.3 Å². The van der Waals surface area contributed by atoms with Crippen molar-refractivity contribution in [1.29, 1.82) is 5.26 Å². The Kier molecular flexibility index (Phi) is 4.60. The van der Waals surface area contributed by atoms with E-state index in [1.54, 1.807) is 20.8 Å². The molecule has 0 fully saturated rings. The van der Waals surface area contributed by atoms with Gasteiger partial charge < -0.3 is 10.1 Å². The second kappa shape index (κ2) is 5.66. The first-order valence-electron chi connectivity index (χ1n) is 5.47. The van der Waals surface area contributed by atoms with Crippen molar-refractivity contribution < 1.29 is 22.7 Å². The topological polar surface area (TPSA) is 75.0 Å². The number of carbonyl (C=O) groups is 1. The number of nitriles is 1. The summed E-state index contributed by atoms with van der Waals surface area (Å²) in [7, 11) is 0. The number of nitrogens with one attached hydrogen (secondary N) is 1. The number of alkyl carbamates (subject to hydrolysis) is 1. The molecule has 20 heavy (non-hydrogen) atoms. The number of hydrogen-bond donors (Lipinski definition) is 1. The predicted molar refractivity (Wildman–Crippen MR) is 64.9 cm³/mol. The van der Waals surface area contributed by atoms with Gasteiger partial charge in [0.2, 0.25) is 0 Å². The number of nitrogens with zero attached hydrogens (tertiary/aromatic N) is 2. The van der Waals surface area contributed by atoms with E-state index in [1.165, 1.54) is 6.07 Å². The number of rotatable bonds is 2. The van der Waals surface area contributed by atoms with Gasteiger partial charge in [0, 0.05) is 0 Å². The minimum absolute atomic E-state index is 0.0141. The van der Waals surface area contributed by atoms with Gasteiger partial charge in [-0.2, -0.15) is 18.4 Å². The lowest BCUT2D eigenvalue weighted by molar-refractivity contribution is -0.141. The van der Waals surface area contributed by atoms with Crippen LogP contribution in [0.25, 0.3) is 0 Å². The summed E-state index contributed by atoms with van der Waals surface area (Å²) in [4.78, 5) is 14.1. The van der Waals surface area contributed by atoms with Crippen LogP contribution in [0.2, 0.25) is 0 Å². The molecule has 0 atom stereocenters. The highest BCUT2D eigenvalue weighted by atomic mass is 32.1. The molecular formula is C11H12F3N3O2S. The SMILES string of the molecule is CC(C)(C)OC(=O)NCc1nc(C(F)(F)F)c(C#N)s1. The van der Waals surface area contributed by atoms with Gasteiger partial charge in [-0.05, 0) is 20.8 Å². The van der Waals surface area contributed by atoms with Crippen LogP contribution in [0.5, 0.6) is 0 Å². The molecule has 0 unspecified atom stereocenters. The molecule has 0 aliphatic carbocycles. The Bertz CT molecular complexity index is 541. The number of hydrogen-bond acceptors (Lipinski definition) is 5. The first kappa shape index (κ1) is 16.2. The summed E-state index contributed by atoms with van der Waals surface area (Å²) in [5.74, 6) is 0. The molecule has 110 valence electrons. The van der Waals surface area contributed by atoms with Crippen molar-refractivity contribution in [3.8, 4) is 6.07 Å². The normalized spacial score (nSPS) is 11.8. The van der Waals surface area contributed by atoms with Gasteiger partial charge in [0.15, 0.2) is 5.69 Å². The molecule has 1 aromatic rings. The van der Waals surface area contributed by atoms with E-state index < -0.39 is 28.4 Å². The van der Waals surface area contributed by atoms with E-state index in [9.17, 15) is 18.0 Å². The largest absolute Gasteiger partial charge is 0.444 e. The smallest absolute Gasteiger partial charge is 0.435 e. The average molecular weight is 307 g/mol. The lowest BCUT2D eigenvalue weighted by atomic mass is 10.2. The maximum atomic E-state index is 12.6. The van der Waals surface area contributed by atoms with E-state index in [-0.39, 0.29) is 11.6 Å². The summed E-state index contributed by atoms with van der Waals surface area (Å²) in [6.45, 7) is 4.74. The van der Waals surface area contributed by atoms with Crippen LogP contribution in [0.15, 0.2) is 0 Å². The molecule has 0 aliphatic heterocycles. The van der Waals surface area contributed by atoms with Crippen LogP contribution in [-0.4, -0.2) is 16.7 Å². The first-order chi connectivity index (χ1) is 9.03. The second-order valence-corrected chi connectivity index (χ2v) is 5.83. The standard InChI is InChI=1S/C11H12F3N3O2S/c1-10(2,3)19-9(18)16-5-7-17-8(11(12,13)14)6(4-15)20-7/h5H2,1-3H3,(H,16,18). The molecule has 5 nitrogen and oxygen atoms in total. The van der Waals surface area contributed by atoms with Crippen molar-refractivity contribution in [3.63, 3.8) is 0 Å². The van der Waals surface area contributed by atoms with Gasteiger partial charge in [0.05, 0.1) is 6.54 Å². The van der Waals surface area contributed by atoms with Crippen LogP contribution in [0.1, 0.15) is 36.3 Å². The molecular weight excluding hydrogens is 295 g/mol. The summed E-state index contributed by atoms with van der Waals surface area (Å²) in [6, 6.07) is 1.44. The fourth-order valence-electron chi connectivity index (χ4n) is 1.17. The van der Waals surface area contributed by atoms with E-state index in [4.69, 9.17) is 10.00 Å². The highest BCUT2D eigenvalue weighted by molar-refractivity contribution is 7.12. The number of halogens is 3. The van der Waals surface area contributed by atoms with E-state index in [0.717, 1.165) is 0 Å². The molecule has 1 aromatic heterocycles. The summed E-state index contributed by atoms with van der Waals surface area (Å²) < 4.78 is 42.6. The Morgan fingerprint density at radius 2 is 2.05 bits per heavy atom. The second-order valence-electron chi connectivity index (χ2n) is 4.75. The average Bonchev–Trinajstić information content (AvgIpc) is 2.67. The van der Waals surface area contributed by atoms with Crippen molar-refractivity contribution in [1.82, 2.24) is 10.3 Å². The first-order valence-corrected chi connectivity index (χ1v) is 6.28. The Labute approximate surface area is 117 Å². The Morgan fingerprint density at radius 1 is 1.45 bits per heavy atom. The van der Waals surface area contributed by atoms with Gasteiger partial charge in [0.25, 0.3) is 0 Å². The van der Waals surface area contributed by atoms with Gasteiger partial charge in [0.1, 0.15) is 21.6 Å². The van der Waals surface area contributed by atoms with Crippen molar-refractivity contribution in [2.24, 2.45) is 0 Å². The van der Waals surface area contributed by atoms with Crippen molar-refractivity contribution >= 4 is 17.4 Å². The molecule has 1 rings (SSSR count). The van der Waals surface area contributed by atoms with Gasteiger partial charge in [-0.25, -0.2) is 9.78 Å². The monoisotopic (exact) mass is 307 g/mol. The quantitative estimate of drug-likeness (QED) is 0.911. The fraction of sp³-hybridized carbons (Fsp3) is 0.545. The van der Waals surface area contributed by atoms with Gasteiger partial charge in [-0.1, -0.05) is 0 Å². The van der Waals surface area contributed by atoms with Crippen LogP contribution in [0.4, 0.5) is 18.0 Å².